The third-order valence-electron chi connectivity index (χ3n) is 3.61. The first-order valence-corrected chi connectivity index (χ1v) is 7.94. The predicted molar refractivity (Wildman–Crippen MR) is 85.0 cm³/mol. The number of benzene rings is 1. The normalized spacial score (nSPS) is 16.2. The number of nitrogens with two attached hydrogens (primary N) is 1. The van der Waals surface area contributed by atoms with Crippen molar-refractivity contribution >= 4 is 29.1 Å². The molecule has 1 aliphatic rings. The molecule has 4 nitrogen and oxygen atoms in total. The molecular weight excluding hydrogens is 311 g/mol. The van der Waals surface area contributed by atoms with Gasteiger partial charge in [0.2, 0.25) is 0 Å². The summed E-state index contributed by atoms with van der Waals surface area (Å²) in [5, 5.41) is 0.794. The minimum absolute atomic E-state index is 0.106. The highest BCUT2D eigenvalue weighted by Crippen LogP contribution is 2.27. The molecule has 116 valence electrons. The lowest BCUT2D eigenvalue weighted by Crippen LogP contribution is -2.41. The number of ether oxygens (including phenoxy) is 1. The van der Waals surface area contributed by atoms with Gasteiger partial charge in [-0.25, -0.2) is 0 Å². The van der Waals surface area contributed by atoms with Crippen molar-refractivity contribution in [2.75, 3.05) is 26.2 Å². The number of nitrogens with zero attached hydrogens (tertiary/aromatic N) is 1. The third-order valence-corrected chi connectivity index (χ3v) is 4.24. The maximum Gasteiger partial charge on any atom is 0.256 e. The summed E-state index contributed by atoms with van der Waals surface area (Å²) in [5.41, 5.74) is 5.83. The van der Waals surface area contributed by atoms with Crippen LogP contribution in [-0.4, -0.2) is 43.2 Å². The molecule has 0 atom stereocenters. The number of piperidine rings is 1. The molecule has 1 amide bonds. The van der Waals surface area contributed by atoms with E-state index in [2.05, 4.69) is 0 Å². The van der Waals surface area contributed by atoms with Crippen molar-refractivity contribution in [1.29, 1.82) is 0 Å². The minimum Gasteiger partial charge on any atom is -0.378 e. The molecule has 0 saturated carbocycles. The largest absolute Gasteiger partial charge is 0.378 e. The van der Waals surface area contributed by atoms with Crippen LogP contribution in [0.1, 0.15) is 29.6 Å². The van der Waals surface area contributed by atoms with Crippen molar-refractivity contribution in [3.8, 4) is 0 Å². The van der Waals surface area contributed by atoms with E-state index < -0.39 is 0 Å². The van der Waals surface area contributed by atoms with Gasteiger partial charge in [-0.15, -0.1) is 0 Å². The maximum absolute atomic E-state index is 12.5. The van der Waals surface area contributed by atoms with E-state index in [9.17, 15) is 4.79 Å². The molecule has 1 saturated heterocycles. The molecule has 1 aliphatic heterocycles. The van der Waals surface area contributed by atoms with Crippen LogP contribution in [0.15, 0.2) is 18.2 Å². The van der Waals surface area contributed by atoms with Gasteiger partial charge in [0.15, 0.2) is 0 Å². The van der Waals surface area contributed by atoms with Crippen molar-refractivity contribution in [2.45, 2.75) is 25.4 Å². The Morgan fingerprint density at radius 3 is 2.48 bits per heavy atom. The number of likely N-dealkylation sites (tertiary alicyclic amines) is 1. The van der Waals surface area contributed by atoms with Crippen molar-refractivity contribution < 1.29 is 9.53 Å². The Kier molecular flexibility index (Phi) is 6.30. The van der Waals surface area contributed by atoms with Gasteiger partial charge in [0.25, 0.3) is 5.91 Å². The highest BCUT2D eigenvalue weighted by Gasteiger charge is 2.26. The maximum atomic E-state index is 12.5. The Balaban J connectivity index is 1.91. The van der Waals surface area contributed by atoms with Crippen LogP contribution in [0.2, 0.25) is 10.0 Å². The van der Waals surface area contributed by atoms with Gasteiger partial charge in [0, 0.05) is 19.7 Å². The van der Waals surface area contributed by atoms with E-state index in [-0.39, 0.29) is 12.0 Å². The lowest BCUT2D eigenvalue weighted by molar-refractivity contribution is 0.00846. The summed E-state index contributed by atoms with van der Waals surface area (Å²) in [6.45, 7) is 2.65. The first-order valence-electron chi connectivity index (χ1n) is 7.18. The van der Waals surface area contributed by atoms with Crippen molar-refractivity contribution in [3.63, 3.8) is 0 Å². The molecule has 6 heteroatoms. The highest BCUT2D eigenvalue weighted by atomic mass is 35.5. The minimum atomic E-state index is -0.106. The molecule has 21 heavy (non-hydrogen) atoms. The van der Waals surface area contributed by atoms with Gasteiger partial charge in [-0.2, -0.15) is 0 Å². The molecule has 1 aromatic carbocycles. The molecule has 0 radical (unpaired) electrons. The van der Waals surface area contributed by atoms with Crippen LogP contribution in [0, 0.1) is 0 Å². The predicted octanol–water partition coefficient (Wildman–Crippen LogP) is 2.96. The number of carbonyl (C=O) groups is 1. The average molecular weight is 331 g/mol. The molecule has 1 aromatic rings. The summed E-state index contributed by atoms with van der Waals surface area (Å²) < 4.78 is 5.73. The SMILES string of the molecule is NCCCOC1CCN(C(=O)c2c(Cl)cccc2Cl)CC1. The standard InChI is InChI=1S/C15H20Cl2N2O2/c16-12-3-1-4-13(17)14(12)15(20)19-8-5-11(6-9-19)21-10-2-7-18/h1,3-4,11H,2,5-10,18H2. The Bertz CT molecular complexity index is 468. The van der Waals surface area contributed by atoms with Gasteiger partial charge in [0.05, 0.1) is 21.7 Å². The molecule has 0 aliphatic carbocycles. The van der Waals surface area contributed by atoms with Gasteiger partial charge in [-0.05, 0) is 37.9 Å². The van der Waals surface area contributed by atoms with E-state index in [0.29, 0.717) is 41.8 Å². The number of halogens is 2. The number of carbonyl (C=O) groups excluding carboxylic acids is 1. The Labute approximate surface area is 135 Å². The fourth-order valence-electron chi connectivity index (χ4n) is 2.42. The quantitative estimate of drug-likeness (QED) is 0.844. The average Bonchev–Trinajstić information content (AvgIpc) is 2.48. The number of hydrogen-bond acceptors (Lipinski definition) is 3. The molecule has 2 N–H and O–H groups in total. The van der Waals surface area contributed by atoms with Gasteiger partial charge < -0.3 is 15.4 Å². The summed E-state index contributed by atoms with van der Waals surface area (Å²) in [7, 11) is 0. The second-order valence-electron chi connectivity index (χ2n) is 5.10. The van der Waals surface area contributed by atoms with E-state index in [1.54, 1.807) is 23.1 Å². The molecule has 0 unspecified atom stereocenters. The van der Waals surface area contributed by atoms with Crippen molar-refractivity contribution in [2.24, 2.45) is 5.73 Å². The fraction of sp³-hybridized carbons (Fsp3) is 0.533. The summed E-state index contributed by atoms with van der Waals surface area (Å²) in [6, 6.07) is 5.10. The van der Waals surface area contributed by atoms with Crippen LogP contribution < -0.4 is 5.73 Å². The van der Waals surface area contributed by atoms with Gasteiger partial charge in [0.1, 0.15) is 0 Å². The van der Waals surface area contributed by atoms with Crippen LogP contribution in [-0.2, 0) is 4.74 Å². The molecule has 1 heterocycles. The molecule has 0 bridgehead atoms. The summed E-state index contributed by atoms with van der Waals surface area (Å²) in [6.07, 6.45) is 2.74. The van der Waals surface area contributed by atoms with Crippen LogP contribution in [0.3, 0.4) is 0 Å². The van der Waals surface area contributed by atoms with Gasteiger partial charge in [-0.3, -0.25) is 4.79 Å². The van der Waals surface area contributed by atoms with E-state index in [4.69, 9.17) is 33.7 Å². The topological polar surface area (TPSA) is 55.6 Å². The van der Waals surface area contributed by atoms with E-state index in [0.717, 1.165) is 19.3 Å². The van der Waals surface area contributed by atoms with Crippen LogP contribution >= 0.6 is 23.2 Å². The Morgan fingerprint density at radius 2 is 1.90 bits per heavy atom. The molecule has 0 aromatic heterocycles. The molecule has 2 rings (SSSR count). The summed E-state index contributed by atoms with van der Waals surface area (Å²) >= 11 is 12.2. The summed E-state index contributed by atoms with van der Waals surface area (Å²) in [5.74, 6) is -0.106. The zero-order valence-electron chi connectivity index (χ0n) is 11.9. The van der Waals surface area contributed by atoms with Crippen molar-refractivity contribution in [3.05, 3.63) is 33.8 Å². The Morgan fingerprint density at radius 1 is 1.29 bits per heavy atom. The zero-order valence-corrected chi connectivity index (χ0v) is 13.4. The summed E-state index contributed by atoms with van der Waals surface area (Å²) in [4.78, 5) is 14.3. The first kappa shape index (κ1) is 16.6. The van der Waals surface area contributed by atoms with Crippen LogP contribution in [0.25, 0.3) is 0 Å². The monoisotopic (exact) mass is 330 g/mol. The second kappa shape index (κ2) is 7.99. The van der Waals surface area contributed by atoms with Crippen LogP contribution in [0.4, 0.5) is 0 Å². The van der Waals surface area contributed by atoms with Crippen molar-refractivity contribution in [1.82, 2.24) is 4.90 Å². The van der Waals surface area contributed by atoms with E-state index in [1.165, 1.54) is 0 Å². The molecular formula is C15H20Cl2N2O2. The fourth-order valence-corrected chi connectivity index (χ4v) is 2.98. The third kappa shape index (κ3) is 4.33. The number of hydrogen-bond donors (Lipinski definition) is 1. The van der Waals surface area contributed by atoms with E-state index >= 15 is 0 Å². The Hall–Kier alpha value is -0.810. The van der Waals surface area contributed by atoms with Gasteiger partial charge >= 0.3 is 0 Å². The highest BCUT2D eigenvalue weighted by molar-refractivity contribution is 6.39. The lowest BCUT2D eigenvalue weighted by atomic mass is 10.1. The lowest BCUT2D eigenvalue weighted by Gasteiger charge is -2.32. The molecule has 1 fully saturated rings. The van der Waals surface area contributed by atoms with E-state index in [1.807, 2.05) is 0 Å². The smallest absolute Gasteiger partial charge is 0.256 e. The second-order valence-corrected chi connectivity index (χ2v) is 5.92. The molecule has 0 spiro atoms. The number of amides is 1. The zero-order chi connectivity index (χ0) is 15.2. The first-order chi connectivity index (χ1) is 10.1. The van der Waals surface area contributed by atoms with Gasteiger partial charge in [-0.1, -0.05) is 29.3 Å². The number of rotatable bonds is 5. The van der Waals surface area contributed by atoms with Crippen LogP contribution in [0.5, 0.6) is 0 Å².